The van der Waals surface area contributed by atoms with Crippen LogP contribution in [0.25, 0.3) is 0 Å². The minimum absolute atomic E-state index is 0.172. The van der Waals surface area contributed by atoms with Gasteiger partial charge in [0, 0.05) is 12.5 Å². The van der Waals surface area contributed by atoms with Gasteiger partial charge in [0.25, 0.3) is 0 Å². The Labute approximate surface area is 106 Å². The lowest BCUT2D eigenvalue weighted by Gasteiger charge is -2.12. The molecule has 0 aromatic heterocycles. The molecule has 1 aromatic rings. The molecular formula is C13H15NO4. The molecule has 0 bridgehead atoms. The van der Waals surface area contributed by atoms with Crippen molar-refractivity contribution in [2.75, 3.05) is 26.9 Å². The van der Waals surface area contributed by atoms with Gasteiger partial charge in [0.2, 0.25) is 0 Å². The smallest absolute Gasteiger partial charge is 0.162 e. The summed E-state index contributed by atoms with van der Waals surface area (Å²) in [5.41, 5.74) is 0.543. The molecule has 1 saturated heterocycles. The van der Waals surface area contributed by atoms with Gasteiger partial charge in [-0.1, -0.05) is 0 Å². The van der Waals surface area contributed by atoms with E-state index in [9.17, 15) is 0 Å². The van der Waals surface area contributed by atoms with Crippen LogP contribution < -0.4 is 9.47 Å². The van der Waals surface area contributed by atoms with Gasteiger partial charge in [-0.05, 0) is 12.1 Å². The van der Waals surface area contributed by atoms with Crippen LogP contribution in [-0.4, -0.2) is 33.2 Å². The van der Waals surface area contributed by atoms with Gasteiger partial charge in [0.1, 0.15) is 0 Å². The van der Waals surface area contributed by atoms with Crippen LogP contribution in [0.3, 0.4) is 0 Å². The van der Waals surface area contributed by atoms with Crippen LogP contribution in [0.1, 0.15) is 12.0 Å². The Balaban J connectivity index is 1.90. The zero-order valence-electron chi connectivity index (χ0n) is 10.2. The molecule has 1 fully saturated rings. The monoisotopic (exact) mass is 249 g/mol. The summed E-state index contributed by atoms with van der Waals surface area (Å²) in [4.78, 5) is 0. The zero-order chi connectivity index (χ0) is 12.8. The lowest BCUT2D eigenvalue weighted by Crippen LogP contribution is -2.12. The summed E-state index contributed by atoms with van der Waals surface area (Å²) in [6.07, 6.45) is 0.498. The van der Waals surface area contributed by atoms with Crippen LogP contribution in [0.2, 0.25) is 0 Å². The molecular weight excluding hydrogens is 234 g/mol. The van der Waals surface area contributed by atoms with Crippen molar-refractivity contribution in [1.29, 1.82) is 5.26 Å². The van der Waals surface area contributed by atoms with Crippen LogP contribution >= 0.6 is 0 Å². The predicted octanol–water partition coefficient (Wildman–Crippen LogP) is 1.71. The van der Waals surface area contributed by atoms with Gasteiger partial charge < -0.3 is 18.9 Å². The maximum Gasteiger partial charge on any atom is 0.162 e. The number of hydrogen-bond donors (Lipinski definition) is 0. The number of rotatable bonds is 5. The molecule has 0 unspecified atom stereocenters. The van der Waals surface area contributed by atoms with E-state index in [4.69, 9.17) is 24.2 Å². The van der Waals surface area contributed by atoms with E-state index in [0.29, 0.717) is 43.3 Å². The minimum Gasteiger partial charge on any atom is -0.493 e. The van der Waals surface area contributed by atoms with Gasteiger partial charge in [-0.25, -0.2) is 0 Å². The van der Waals surface area contributed by atoms with Crippen molar-refractivity contribution in [3.05, 3.63) is 23.8 Å². The number of methoxy groups -OCH3 is 1. The lowest BCUT2D eigenvalue weighted by atomic mass is 10.2. The molecule has 1 aliphatic rings. The topological polar surface area (TPSA) is 60.7 Å². The third kappa shape index (κ3) is 3.13. The van der Waals surface area contributed by atoms with Crippen LogP contribution in [0.4, 0.5) is 0 Å². The summed E-state index contributed by atoms with van der Waals surface area (Å²) in [7, 11) is 1.55. The van der Waals surface area contributed by atoms with Gasteiger partial charge in [-0.15, -0.1) is 0 Å². The maximum atomic E-state index is 8.79. The molecule has 1 aliphatic heterocycles. The Bertz CT molecular complexity index is 435. The third-order valence-corrected chi connectivity index (χ3v) is 2.59. The Morgan fingerprint density at radius 3 is 2.78 bits per heavy atom. The van der Waals surface area contributed by atoms with Crippen LogP contribution in [-0.2, 0) is 9.47 Å². The molecule has 0 aliphatic carbocycles. The highest BCUT2D eigenvalue weighted by Gasteiger charge is 2.16. The first-order chi connectivity index (χ1) is 8.83. The summed E-state index contributed by atoms with van der Waals surface area (Å²) in [6, 6.07) is 7.13. The summed E-state index contributed by atoms with van der Waals surface area (Å²) >= 11 is 0. The summed E-state index contributed by atoms with van der Waals surface area (Å²) in [6.45, 7) is 1.77. The molecule has 1 aromatic carbocycles. The fraction of sp³-hybridized carbons (Fsp3) is 0.462. The molecule has 0 spiro atoms. The molecule has 0 amide bonds. The minimum atomic E-state index is -0.172. The Hall–Kier alpha value is -1.77. The average molecular weight is 249 g/mol. The van der Waals surface area contributed by atoms with Crippen molar-refractivity contribution in [3.8, 4) is 17.6 Å². The zero-order valence-corrected chi connectivity index (χ0v) is 10.2. The van der Waals surface area contributed by atoms with Gasteiger partial charge in [0.15, 0.2) is 17.8 Å². The standard InChI is InChI=1S/C13H15NO4/c1-15-12-8-10(9-14)2-3-11(12)16-5-4-13-17-6-7-18-13/h2-3,8,13H,4-7H2,1H3. The first-order valence-electron chi connectivity index (χ1n) is 5.77. The van der Waals surface area contributed by atoms with Crippen LogP contribution in [0, 0.1) is 11.3 Å². The van der Waals surface area contributed by atoms with E-state index in [1.807, 2.05) is 0 Å². The average Bonchev–Trinajstić information content (AvgIpc) is 2.92. The molecule has 96 valence electrons. The van der Waals surface area contributed by atoms with Crippen molar-refractivity contribution >= 4 is 0 Å². The second kappa shape index (κ2) is 6.24. The Kier molecular flexibility index (Phi) is 4.40. The fourth-order valence-electron chi connectivity index (χ4n) is 1.70. The Morgan fingerprint density at radius 2 is 2.11 bits per heavy atom. The largest absolute Gasteiger partial charge is 0.493 e. The quantitative estimate of drug-likeness (QED) is 0.795. The first kappa shape index (κ1) is 12.7. The predicted molar refractivity (Wildman–Crippen MR) is 63.5 cm³/mol. The normalized spacial score (nSPS) is 15.3. The number of hydrogen-bond acceptors (Lipinski definition) is 5. The first-order valence-corrected chi connectivity index (χ1v) is 5.77. The molecule has 18 heavy (non-hydrogen) atoms. The van der Waals surface area contributed by atoms with E-state index in [-0.39, 0.29) is 6.29 Å². The van der Waals surface area contributed by atoms with E-state index >= 15 is 0 Å². The fourth-order valence-corrected chi connectivity index (χ4v) is 1.70. The van der Waals surface area contributed by atoms with Crippen molar-refractivity contribution in [2.45, 2.75) is 12.7 Å². The summed E-state index contributed by atoms with van der Waals surface area (Å²) in [5, 5.41) is 8.79. The molecule has 2 rings (SSSR count). The van der Waals surface area contributed by atoms with Crippen molar-refractivity contribution < 1.29 is 18.9 Å². The van der Waals surface area contributed by atoms with Gasteiger partial charge in [-0.3, -0.25) is 0 Å². The van der Waals surface area contributed by atoms with Crippen molar-refractivity contribution in [3.63, 3.8) is 0 Å². The third-order valence-electron chi connectivity index (χ3n) is 2.59. The molecule has 1 heterocycles. The van der Waals surface area contributed by atoms with E-state index in [1.165, 1.54) is 0 Å². The number of nitriles is 1. The maximum absolute atomic E-state index is 8.79. The molecule has 5 heteroatoms. The number of nitrogens with zero attached hydrogens (tertiary/aromatic N) is 1. The highest BCUT2D eigenvalue weighted by Crippen LogP contribution is 2.28. The second-order valence-corrected chi connectivity index (χ2v) is 3.79. The van der Waals surface area contributed by atoms with E-state index in [0.717, 1.165) is 0 Å². The van der Waals surface area contributed by atoms with Crippen molar-refractivity contribution in [2.24, 2.45) is 0 Å². The summed E-state index contributed by atoms with van der Waals surface area (Å²) in [5.74, 6) is 1.18. The SMILES string of the molecule is COc1cc(C#N)ccc1OCCC1OCCO1. The van der Waals surface area contributed by atoms with Crippen molar-refractivity contribution in [1.82, 2.24) is 0 Å². The van der Waals surface area contributed by atoms with Crippen LogP contribution in [0.15, 0.2) is 18.2 Å². The number of benzene rings is 1. The van der Waals surface area contributed by atoms with Gasteiger partial charge >= 0.3 is 0 Å². The highest BCUT2D eigenvalue weighted by molar-refractivity contribution is 5.46. The summed E-state index contributed by atoms with van der Waals surface area (Å²) < 4.78 is 21.4. The van der Waals surface area contributed by atoms with E-state index in [2.05, 4.69) is 6.07 Å². The van der Waals surface area contributed by atoms with Gasteiger partial charge in [-0.2, -0.15) is 5.26 Å². The molecule has 0 radical (unpaired) electrons. The molecule has 0 N–H and O–H groups in total. The molecule has 0 atom stereocenters. The lowest BCUT2D eigenvalue weighted by molar-refractivity contribution is -0.0532. The van der Waals surface area contributed by atoms with E-state index < -0.39 is 0 Å². The number of ether oxygens (including phenoxy) is 4. The second-order valence-electron chi connectivity index (χ2n) is 3.79. The Morgan fingerprint density at radius 1 is 1.33 bits per heavy atom. The van der Waals surface area contributed by atoms with Gasteiger partial charge in [0.05, 0.1) is 38.6 Å². The molecule has 0 saturated carbocycles. The van der Waals surface area contributed by atoms with E-state index in [1.54, 1.807) is 25.3 Å². The molecule has 5 nitrogen and oxygen atoms in total. The van der Waals surface area contributed by atoms with Crippen LogP contribution in [0.5, 0.6) is 11.5 Å². The highest BCUT2D eigenvalue weighted by atomic mass is 16.7.